The molecule has 0 aliphatic carbocycles. The molecule has 1 N–H and O–H groups in total. The molecule has 1 aromatic rings. The normalized spacial score (nSPS) is 11.5. The van der Waals surface area contributed by atoms with Gasteiger partial charge in [-0.2, -0.15) is 0 Å². The largest absolute Gasteiger partial charge is 0.494 e. The predicted molar refractivity (Wildman–Crippen MR) is 95.8 cm³/mol. The number of carboxylic acids is 1. The minimum Gasteiger partial charge on any atom is -0.494 e. The van der Waals surface area contributed by atoms with E-state index in [4.69, 9.17) is 9.84 Å². The Morgan fingerprint density at radius 2 is 1.57 bits per heavy atom. The van der Waals surface area contributed by atoms with Gasteiger partial charge in [0.1, 0.15) is 5.75 Å². The van der Waals surface area contributed by atoms with E-state index in [0.29, 0.717) is 5.57 Å². The van der Waals surface area contributed by atoms with Crippen LogP contribution in [-0.2, 0) is 4.79 Å². The fourth-order valence-electron chi connectivity index (χ4n) is 2.40. The van der Waals surface area contributed by atoms with Crippen LogP contribution in [0.4, 0.5) is 0 Å². The van der Waals surface area contributed by atoms with Crippen molar-refractivity contribution < 1.29 is 14.6 Å². The van der Waals surface area contributed by atoms with Gasteiger partial charge in [-0.1, -0.05) is 64.0 Å². The third-order valence-electron chi connectivity index (χ3n) is 3.87. The van der Waals surface area contributed by atoms with Crippen LogP contribution in [0, 0.1) is 0 Å². The summed E-state index contributed by atoms with van der Waals surface area (Å²) in [4.78, 5) is 10.8. The van der Waals surface area contributed by atoms with E-state index in [1.807, 2.05) is 24.3 Å². The Hall–Kier alpha value is -1.77. The van der Waals surface area contributed by atoms with Gasteiger partial charge >= 0.3 is 5.97 Å². The molecule has 1 rings (SSSR count). The van der Waals surface area contributed by atoms with Crippen LogP contribution in [-0.4, -0.2) is 17.7 Å². The van der Waals surface area contributed by atoms with Crippen molar-refractivity contribution in [2.45, 2.75) is 65.2 Å². The molecule has 0 unspecified atom stereocenters. The molecule has 0 radical (unpaired) electrons. The number of carboxylic acid groups (broad SMARTS) is 1. The first-order valence-corrected chi connectivity index (χ1v) is 8.78. The van der Waals surface area contributed by atoms with Crippen molar-refractivity contribution >= 4 is 12.0 Å². The summed E-state index contributed by atoms with van der Waals surface area (Å²) in [6.07, 6.45) is 12.0. The molecule has 0 spiro atoms. The lowest BCUT2D eigenvalue weighted by molar-refractivity contribution is -0.132. The summed E-state index contributed by atoms with van der Waals surface area (Å²) in [5.74, 6) is -0.0434. The molecule has 0 saturated heterocycles. The first kappa shape index (κ1) is 19.3. The predicted octanol–water partition coefficient (Wildman–Crippen LogP) is 5.69. The van der Waals surface area contributed by atoms with Crippen molar-refractivity contribution in [3.63, 3.8) is 0 Å². The monoisotopic (exact) mass is 318 g/mol. The number of hydrogen-bond acceptors (Lipinski definition) is 2. The van der Waals surface area contributed by atoms with Crippen molar-refractivity contribution in [2.24, 2.45) is 0 Å². The highest BCUT2D eigenvalue weighted by atomic mass is 16.5. The molecule has 3 heteroatoms. The number of unbranched alkanes of at least 4 members (excludes halogenated alkanes) is 7. The second-order valence-corrected chi connectivity index (χ2v) is 6.02. The van der Waals surface area contributed by atoms with Gasteiger partial charge in [0.15, 0.2) is 0 Å². The summed E-state index contributed by atoms with van der Waals surface area (Å²) in [5, 5.41) is 8.85. The number of hydrogen-bond donors (Lipinski definition) is 1. The summed E-state index contributed by atoms with van der Waals surface area (Å²) in [5.41, 5.74) is 1.21. The molecule has 0 saturated carbocycles. The number of ether oxygens (including phenoxy) is 1. The van der Waals surface area contributed by atoms with Crippen LogP contribution < -0.4 is 4.74 Å². The van der Waals surface area contributed by atoms with Gasteiger partial charge < -0.3 is 9.84 Å². The molecule has 0 heterocycles. The Bertz CT molecular complexity index is 474. The van der Waals surface area contributed by atoms with Gasteiger partial charge in [0.2, 0.25) is 0 Å². The van der Waals surface area contributed by atoms with Crippen LogP contribution >= 0.6 is 0 Å². The third-order valence-corrected chi connectivity index (χ3v) is 3.87. The van der Waals surface area contributed by atoms with E-state index in [2.05, 4.69) is 6.92 Å². The maximum atomic E-state index is 10.8. The standard InChI is InChI=1S/C20H30O3/c1-3-4-5-6-7-8-9-10-15-23-19-13-11-18(12-14-19)16-17(2)20(21)22/h11-14,16H,3-10,15H2,1-2H3,(H,21,22)/b17-16+. The van der Waals surface area contributed by atoms with Crippen LogP contribution in [0.2, 0.25) is 0 Å². The van der Waals surface area contributed by atoms with Gasteiger partial charge in [0.25, 0.3) is 0 Å². The quantitative estimate of drug-likeness (QED) is 0.397. The molecule has 23 heavy (non-hydrogen) atoms. The Balaban J connectivity index is 2.16. The summed E-state index contributed by atoms with van der Waals surface area (Å²) >= 11 is 0. The van der Waals surface area contributed by atoms with E-state index in [1.54, 1.807) is 13.0 Å². The van der Waals surface area contributed by atoms with Crippen LogP contribution in [0.5, 0.6) is 5.75 Å². The summed E-state index contributed by atoms with van der Waals surface area (Å²) in [7, 11) is 0. The molecule has 0 aliphatic heterocycles. The average molecular weight is 318 g/mol. The highest BCUT2D eigenvalue weighted by Crippen LogP contribution is 2.15. The Labute approximate surface area is 140 Å². The smallest absolute Gasteiger partial charge is 0.331 e. The first-order chi connectivity index (χ1) is 11.1. The van der Waals surface area contributed by atoms with Crippen molar-refractivity contribution in [1.82, 2.24) is 0 Å². The molecule has 0 aromatic heterocycles. The van der Waals surface area contributed by atoms with Crippen LogP contribution in [0.15, 0.2) is 29.8 Å². The number of aliphatic carboxylic acids is 1. The molecule has 0 bridgehead atoms. The lowest BCUT2D eigenvalue weighted by Gasteiger charge is -2.06. The molecule has 0 amide bonds. The van der Waals surface area contributed by atoms with Crippen molar-refractivity contribution in [3.05, 3.63) is 35.4 Å². The van der Waals surface area contributed by atoms with Crippen molar-refractivity contribution in [3.8, 4) is 5.75 Å². The zero-order valence-electron chi connectivity index (χ0n) is 14.5. The molecule has 0 atom stereocenters. The number of rotatable bonds is 12. The fraction of sp³-hybridized carbons (Fsp3) is 0.550. The fourth-order valence-corrected chi connectivity index (χ4v) is 2.40. The second-order valence-electron chi connectivity index (χ2n) is 6.02. The molecule has 128 valence electrons. The zero-order valence-corrected chi connectivity index (χ0v) is 14.5. The van der Waals surface area contributed by atoms with Crippen molar-refractivity contribution in [1.29, 1.82) is 0 Å². The minimum atomic E-state index is -0.889. The van der Waals surface area contributed by atoms with Crippen LogP contribution in [0.3, 0.4) is 0 Å². The number of benzene rings is 1. The lowest BCUT2D eigenvalue weighted by atomic mass is 10.1. The highest BCUT2D eigenvalue weighted by Gasteiger charge is 2.00. The Morgan fingerprint density at radius 3 is 2.13 bits per heavy atom. The van der Waals surface area contributed by atoms with E-state index in [9.17, 15) is 4.79 Å². The number of carbonyl (C=O) groups is 1. The van der Waals surface area contributed by atoms with Gasteiger partial charge in [-0.05, 0) is 37.1 Å². The van der Waals surface area contributed by atoms with Gasteiger partial charge in [-0.25, -0.2) is 4.79 Å². The maximum absolute atomic E-state index is 10.8. The van der Waals surface area contributed by atoms with E-state index >= 15 is 0 Å². The molecular weight excluding hydrogens is 288 g/mol. The Morgan fingerprint density at radius 1 is 1.00 bits per heavy atom. The van der Waals surface area contributed by atoms with Crippen LogP contribution in [0.25, 0.3) is 6.08 Å². The van der Waals surface area contributed by atoms with Gasteiger partial charge in [-0.15, -0.1) is 0 Å². The van der Waals surface area contributed by atoms with Crippen molar-refractivity contribution in [2.75, 3.05) is 6.61 Å². The highest BCUT2D eigenvalue weighted by molar-refractivity contribution is 5.91. The lowest BCUT2D eigenvalue weighted by Crippen LogP contribution is -1.97. The van der Waals surface area contributed by atoms with E-state index in [-0.39, 0.29) is 0 Å². The topological polar surface area (TPSA) is 46.5 Å². The third kappa shape index (κ3) is 9.07. The molecule has 0 aliphatic rings. The van der Waals surface area contributed by atoms with Gasteiger partial charge in [-0.3, -0.25) is 0 Å². The summed E-state index contributed by atoms with van der Waals surface area (Å²) < 4.78 is 5.72. The van der Waals surface area contributed by atoms with Crippen LogP contribution in [0.1, 0.15) is 70.8 Å². The van der Waals surface area contributed by atoms with E-state index in [1.165, 1.54) is 44.9 Å². The SMILES string of the molecule is CCCCCCCCCCOc1ccc(/C=C(\C)C(=O)O)cc1. The molecule has 1 aromatic carbocycles. The Kier molecular flexibility index (Phi) is 9.85. The maximum Gasteiger partial charge on any atom is 0.331 e. The summed E-state index contributed by atoms with van der Waals surface area (Å²) in [6, 6.07) is 7.56. The minimum absolute atomic E-state index is 0.331. The van der Waals surface area contributed by atoms with Gasteiger partial charge in [0, 0.05) is 5.57 Å². The summed E-state index contributed by atoms with van der Waals surface area (Å²) in [6.45, 7) is 4.58. The molecular formula is C20H30O3. The molecule has 0 fully saturated rings. The van der Waals surface area contributed by atoms with E-state index < -0.39 is 5.97 Å². The van der Waals surface area contributed by atoms with Gasteiger partial charge in [0.05, 0.1) is 6.61 Å². The first-order valence-electron chi connectivity index (χ1n) is 8.78. The second kappa shape index (κ2) is 11.8. The average Bonchev–Trinajstić information content (AvgIpc) is 2.54. The molecule has 3 nitrogen and oxygen atoms in total. The van der Waals surface area contributed by atoms with E-state index in [0.717, 1.165) is 24.3 Å². The zero-order chi connectivity index (χ0) is 16.9.